The zero-order chi connectivity index (χ0) is 11.8. The van der Waals surface area contributed by atoms with Crippen LogP contribution in [0.3, 0.4) is 0 Å². The van der Waals surface area contributed by atoms with Gasteiger partial charge in [0.25, 0.3) is 0 Å². The van der Waals surface area contributed by atoms with Gasteiger partial charge in [-0.1, -0.05) is 13.3 Å². The molecule has 0 aliphatic carbocycles. The number of nitrogens with two attached hydrogens (primary N) is 1. The van der Waals surface area contributed by atoms with Gasteiger partial charge in [-0.25, -0.2) is 0 Å². The Balaban J connectivity index is 2.37. The molecule has 2 N–H and O–H groups in total. The average Bonchev–Trinajstić information content (AvgIpc) is 2.30. The van der Waals surface area contributed by atoms with E-state index in [9.17, 15) is 4.79 Å². The Bertz CT molecular complexity index is 204. The molecule has 1 atom stereocenters. The van der Waals surface area contributed by atoms with Crippen molar-refractivity contribution in [1.82, 2.24) is 4.90 Å². The van der Waals surface area contributed by atoms with Gasteiger partial charge in [-0.2, -0.15) is 0 Å². The maximum absolute atomic E-state index is 12.0. The average molecular weight is 226 g/mol. The Kier molecular flexibility index (Phi) is 6.46. The highest BCUT2D eigenvalue weighted by Gasteiger charge is 2.25. The van der Waals surface area contributed by atoms with Crippen molar-refractivity contribution >= 4 is 5.91 Å². The Morgan fingerprint density at radius 1 is 1.38 bits per heavy atom. The first-order chi connectivity index (χ1) is 7.79. The molecular formula is C13H26N2O. The highest BCUT2D eigenvalue weighted by molar-refractivity contribution is 5.76. The van der Waals surface area contributed by atoms with Crippen LogP contribution in [-0.4, -0.2) is 29.9 Å². The van der Waals surface area contributed by atoms with Crippen molar-refractivity contribution in [1.29, 1.82) is 0 Å². The van der Waals surface area contributed by atoms with Crippen molar-refractivity contribution in [2.24, 2.45) is 5.73 Å². The first kappa shape index (κ1) is 13.5. The number of hydrogen-bond donors (Lipinski definition) is 1. The lowest BCUT2D eigenvalue weighted by atomic mass is 9.97. The van der Waals surface area contributed by atoms with E-state index in [-0.39, 0.29) is 0 Å². The topological polar surface area (TPSA) is 46.3 Å². The van der Waals surface area contributed by atoms with Gasteiger partial charge >= 0.3 is 0 Å². The summed E-state index contributed by atoms with van der Waals surface area (Å²) < 4.78 is 0. The molecule has 0 saturated carbocycles. The summed E-state index contributed by atoms with van der Waals surface area (Å²) in [4.78, 5) is 14.2. The summed E-state index contributed by atoms with van der Waals surface area (Å²) in [6.07, 6.45) is 8.64. The maximum atomic E-state index is 12.0. The minimum absolute atomic E-state index is 0.353. The maximum Gasteiger partial charge on any atom is 0.222 e. The van der Waals surface area contributed by atoms with Gasteiger partial charge in [-0.3, -0.25) is 4.79 Å². The van der Waals surface area contributed by atoms with E-state index in [2.05, 4.69) is 11.8 Å². The van der Waals surface area contributed by atoms with Crippen LogP contribution in [-0.2, 0) is 4.79 Å². The van der Waals surface area contributed by atoms with Crippen LogP contribution in [0.2, 0.25) is 0 Å². The number of rotatable bonds is 6. The first-order valence-electron chi connectivity index (χ1n) is 6.79. The lowest BCUT2D eigenvalue weighted by Gasteiger charge is -2.36. The summed E-state index contributed by atoms with van der Waals surface area (Å²) in [5.41, 5.74) is 5.44. The van der Waals surface area contributed by atoms with Crippen LogP contribution >= 0.6 is 0 Å². The largest absolute Gasteiger partial charge is 0.340 e. The van der Waals surface area contributed by atoms with Crippen LogP contribution in [0.15, 0.2) is 0 Å². The van der Waals surface area contributed by atoms with Crippen LogP contribution in [0, 0.1) is 0 Å². The monoisotopic (exact) mass is 226 g/mol. The highest BCUT2D eigenvalue weighted by Crippen LogP contribution is 2.21. The van der Waals surface area contributed by atoms with Crippen molar-refractivity contribution < 1.29 is 4.79 Å². The summed E-state index contributed by atoms with van der Waals surface area (Å²) in [5, 5.41) is 0. The fourth-order valence-corrected chi connectivity index (χ4v) is 2.53. The second-order valence-corrected chi connectivity index (χ2v) is 4.77. The van der Waals surface area contributed by atoms with Gasteiger partial charge in [0, 0.05) is 19.0 Å². The van der Waals surface area contributed by atoms with Crippen LogP contribution in [0.4, 0.5) is 0 Å². The van der Waals surface area contributed by atoms with Gasteiger partial charge in [-0.05, 0) is 45.1 Å². The number of nitrogens with zero attached hydrogens (tertiary/aromatic N) is 1. The highest BCUT2D eigenvalue weighted by atomic mass is 16.2. The molecule has 0 aromatic carbocycles. The normalized spacial score (nSPS) is 21.1. The molecule has 1 amide bonds. The van der Waals surface area contributed by atoms with Crippen LogP contribution in [0.1, 0.15) is 58.3 Å². The number of likely N-dealkylation sites (tertiary alicyclic amines) is 1. The molecule has 0 bridgehead atoms. The molecular weight excluding hydrogens is 200 g/mol. The van der Waals surface area contributed by atoms with Crippen LogP contribution < -0.4 is 5.73 Å². The molecule has 0 aromatic heterocycles. The van der Waals surface area contributed by atoms with Crippen molar-refractivity contribution in [3.63, 3.8) is 0 Å². The summed E-state index contributed by atoms with van der Waals surface area (Å²) in [6, 6.07) is 0.518. The lowest BCUT2D eigenvalue weighted by molar-refractivity contribution is -0.135. The van der Waals surface area contributed by atoms with Crippen molar-refractivity contribution in [3.8, 4) is 0 Å². The van der Waals surface area contributed by atoms with Gasteiger partial charge in [0.2, 0.25) is 5.91 Å². The summed E-state index contributed by atoms with van der Waals surface area (Å²) in [5.74, 6) is 0.353. The van der Waals surface area contributed by atoms with E-state index in [0.29, 0.717) is 24.9 Å². The second kappa shape index (κ2) is 7.66. The molecule has 1 saturated heterocycles. The minimum atomic E-state index is 0.353. The SMILES string of the molecule is CCCC1CCCCN1C(=O)CCCCN. The van der Waals surface area contributed by atoms with Gasteiger partial charge in [-0.15, -0.1) is 0 Å². The molecule has 0 radical (unpaired) electrons. The summed E-state index contributed by atoms with van der Waals surface area (Å²) >= 11 is 0. The minimum Gasteiger partial charge on any atom is -0.340 e. The van der Waals surface area contributed by atoms with Gasteiger partial charge < -0.3 is 10.6 Å². The van der Waals surface area contributed by atoms with Crippen LogP contribution in [0.25, 0.3) is 0 Å². The molecule has 0 spiro atoms. The summed E-state index contributed by atoms with van der Waals surface area (Å²) in [7, 11) is 0. The molecule has 94 valence electrons. The third kappa shape index (κ3) is 4.12. The zero-order valence-corrected chi connectivity index (χ0v) is 10.6. The Morgan fingerprint density at radius 3 is 2.88 bits per heavy atom. The Hall–Kier alpha value is -0.570. The van der Waals surface area contributed by atoms with Crippen molar-refractivity contribution in [2.45, 2.75) is 64.3 Å². The van der Waals surface area contributed by atoms with Gasteiger partial charge in [0.15, 0.2) is 0 Å². The van der Waals surface area contributed by atoms with Gasteiger partial charge in [0.05, 0.1) is 0 Å². The number of carbonyl (C=O) groups is 1. The van der Waals surface area contributed by atoms with E-state index in [1.807, 2.05) is 0 Å². The summed E-state index contributed by atoms with van der Waals surface area (Å²) in [6.45, 7) is 3.88. The smallest absolute Gasteiger partial charge is 0.222 e. The quantitative estimate of drug-likeness (QED) is 0.706. The van der Waals surface area contributed by atoms with E-state index in [0.717, 1.165) is 19.4 Å². The fraction of sp³-hybridized carbons (Fsp3) is 0.923. The van der Waals surface area contributed by atoms with E-state index in [1.54, 1.807) is 0 Å². The molecule has 1 unspecified atom stereocenters. The zero-order valence-electron chi connectivity index (χ0n) is 10.6. The third-order valence-corrected chi connectivity index (χ3v) is 3.41. The number of carbonyl (C=O) groups excluding carboxylic acids is 1. The van der Waals surface area contributed by atoms with Gasteiger partial charge in [0.1, 0.15) is 0 Å². The fourth-order valence-electron chi connectivity index (χ4n) is 2.53. The standard InChI is InChI=1S/C13H26N2O/c1-2-7-12-8-4-6-11-15(12)13(16)9-3-5-10-14/h12H,2-11,14H2,1H3. The molecule has 1 aliphatic rings. The second-order valence-electron chi connectivity index (χ2n) is 4.77. The predicted octanol–water partition coefficient (Wildman–Crippen LogP) is 2.30. The Labute approximate surface area is 99.4 Å². The lowest BCUT2D eigenvalue weighted by Crippen LogP contribution is -2.43. The molecule has 16 heavy (non-hydrogen) atoms. The molecule has 1 aliphatic heterocycles. The van der Waals surface area contributed by atoms with Crippen molar-refractivity contribution in [3.05, 3.63) is 0 Å². The van der Waals surface area contributed by atoms with E-state index in [4.69, 9.17) is 5.73 Å². The molecule has 1 fully saturated rings. The van der Waals surface area contributed by atoms with Crippen LogP contribution in [0.5, 0.6) is 0 Å². The first-order valence-corrected chi connectivity index (χ1v) is 6.79. The molecule has 1 rings (SSSR count). The van der Waals surface area contributed by atoms with E-state index >= 15 is 0 Å². The molecule has 3 heteroatoms. The number of hydrogen-bond acceptors (Lipinski definition) is 2. The van der Waals surface area contributed by atoms with E-state index < -0.39 is 0 Å². The Morgan fingerprint density at radius 2 is 2.19 bits per heavy atom. The molecule has 0 aromatic rings. The predicted molar refractivity (Wildman–Crippen MR) is 67.2 cm³/mol. The van der Waals surface area contributed by atoms with E-state index in [1.165, 1.54) is 32.1 Å². The molecule has 3 nitrogen and oxygen atoms in total. The number of piperidine rings is 1. The van der Waals surface area contributed by atoms with Crippen molar-refractivity contribution in [2.75, 3.05) is 13.1 Å². The number of unbranched alkanes of at least 4 members (excludes halogenated alkanes) is 1. The third-order valence-electron chi connectivity index (χ3n) is 3.41. The number of amides is 1. The molecule has 1 heterocycles.